The summed E-state index contributed by atoms with van der Waals surface area (Å²) >= 11 is 3.36. The number of anilines is 2. The van der Waals surface area contributed by atoms with Gasteiger partial charge in [0.15, 0.2) is 0 Å². The van der Waals surface area contributed by atoms with Crippen molar-refractivity contribution < 1.29 is 14.3 Å². The fourth-order valence-corrected chi connectivity index (χ4v) is 4.91. The maximum atomic E-state index is 12.3. The van der Waals surface area contributed by atoms with E-state index in [0.717, 1.165) is 58.5 Å². The number of amides is 1. The summed E-state index contributed by atoms with van der Waals surface area (Å²) in [6, 6.07) is 9.31. The van der Waals surface area contributed by atoms with E-state index < -0.39 is 0 Å². The van der Waals surface area contributed by atoms with Gasteiger partial charge in [-0.3, -0.25) is 9.59 Å². The van der Waals surface area contributed by atoms with Gasteiger partial charge in [-0.15, -0.1) is 0 Å². The summed E-state index contributed by atoms with van der Waals surface area (Å²) in [4.78, 5) is 22.9. The van der Waals surface area contributed by atoms with Crippen molar-refractivity contribution in [1.82, 2.24) is 0 Å². The lowest BCUT2D eigenvalue weighted by Gasteiger charge is -2.27. The van der Waals surface area contributed by atoms with Crippen molar-refractivity contribution in [3.63, 3.8) is 0 Å². The monoisotopic (exact) mass is 562 g/mol. The Balaban J connectivity index is 0.000000655. The molecule has 1 aliphatic carbocycles. The summed E-state index contributed by atoms with van der Waals surface area (Å²) in [5, 5.41) is 3.03. The van der Waals surface area contributed by atoms with Crippen molar-refractivity contribution in [3.8, 4) is 5.75 Å². The van der Waals surface area contributed by atoms with Gasteiger partial charge in [-0.1, -0.05) is 70.0 Å². The second-order valence-electron chi connectivity index (χ2n) is 8.34. The highest BCUT2D eigenvalue weighted by Crippen LogP contribution is 2.32. The predicted molar refractivity (Wildman–Crippen MR) is 158 cm³/mol. The molecule has 0 spiro atoms. The molecule has 0 atom stereocenters. The number of nitrogens with one attached hydrogen (secondary N) is 1. The number of methoxy groups -OCH3 is 1. The number of ether oxygens (including phenoxy) is 1. The molecule has 3 N–H and O–H groups in total. The van der Waals surface area contributed by atoms with E-state index >= 15 is 0 Å². The third-order valence-electron chi connectivity index (χ3n) is 6.20. The van der Waals surface area contributed by atoms with Crippen molar-refractivity contribution in [1.29, 1.82) is 0 Å². The van der Waals surface area contributed by atoms with E-state index in [4.69, 9.17) is 10.5 Å². The zero-order valence-electron chi connectivity index (χ0n) is 23.5. The number of halogens is 1. The molecule has 1 fully saturated rings. The van der Waals surface area contributed by atoms with Gasteiger partial charge in [-0.05, 0) is 74.3 Å². The van der Waals surface area contributed by atoms with Crippen LogP contribution in [0.25, 0.3) is 0 Å². The number of aldehydes is 1. The Labute approximate surface area is 227 Å². The number of rotatable bonds is 6. The first-order valence-electron chi connectivity index (χ1n) is 13.3. The Morgan fingerprint density at radius 1 is 1.08 bits per heavy atom. The van der Waals surface area contributed by atoms with Crippen molar-refractivity contribution >= 4 is 39.5 Å². The smallest absolute Gasteiger partial charge is 0.227 e. The van der Waals surface area contributed by atoms with Crippen LogP contribution in [-0.4, -0.2) is 19.3 Å². The molecule has 0 saturated heterocycles. The Morgan fingerprint density at radius 3 is 2.19 bits per heavy atom. The fourth-order valence-electron chi connectivity index (χ4n) is 4.13. The van der Waals surface area contributed by atoms with Gasteiger partial charge in [-0.25, -0.2) is 0 Å². The molecule has 36 heavy (non-hydrogen) atoms. The molecule has 1 amide bonds. The van der Waals surface area contributed by atoms with Crippen LogP contribution < -0.4 is 15.8 Å². The number of aryl methyl sites for hydroxylation is 1. The molecule has 2 aromatic carbocycles. The highest BCUT2D eigenvalue weighted by molar-refractivity contribution is 9.10. The van der Waals surface area contributed by atoms with Gasteiger partial charge >= 0.3 is 0 Å². The summed E-state index contributed by atoms with van der Waals surface area (Å²) in [6.07, 6.45) is 7.32. The molecule has 2 aromatic rings. The summed E-state index contributed by atoms with van der Waals surface area (Å²) in [7, 11) is 1.65. The van der Waals surface area contributed by atoms with Crippen LogP contribution in [0, 0.1) is 18.8 Å². The zero-order valence-corrected chi connectivity index (χ0v) is 25.1. The largest absolute Gasteiger partial charge is 0.496 e. The molecule has 0 bridgehead atoms. The van der Waals surface area contributed by atoms with E-state index in [1.807, 2.05) is 65.8 Å². The molecule has 6 heteroatoms. The van der Waals surface area contributed by atoms with E-state index in [1.54, 1.807) is 13.2 Å². The van der Waals surface area contributed by atoms with E-state index in [2.05, 4.69) is 28.2 Å². The van der Waals surface area contributed by atoms with Crippen LogP contribution >= 0.6 is 15.9 Å². The second-order valence-corrected chi connectivity index (χ2v) is 9.20. The van der Waals surface area contributed by atoms with Gasteiger partial charge in [0.05, 0.1) is 7.11 Å². The lowest BCUT2D eigenvalue weighted by Crippen LogP contribution is -2.27. The lowest BCUT2D eigenvalue weighted by atomic mass is 9.80. The molecule has 1 saturated carbocycles. The Bertz CT molecular complexity index is 923. The number of nitrogens with two attached hydrogens (primary N) is 1. The van der Waals surface area contributed by atoms with Crippen LogP contribution in [0.2, 0.25) is 0 Å². The molecule has 0 radical (unpaired) electrons. The van der Waals surface area contributed by atoms with Crippen LogP contribution in [-0.2, 0) is 11.2 Å². The van der Waals surface area contributed by atoms with Gasteiger partial charge < -0.3 is 15.8 Å². The lowest BCUT2D eigenvalue weighted by molar-refractivity contribution is -0.121. The van der Waals surface area contributed by atoms with Crippen LogP contribution in [0.3, 0.4) is 0 Å². The van der Waals surface area contributed by atoms with E-state index in [1.165, 1.54) is 19.3 Å². The fraction of sp³-hybridized carbons (Fsp3) is 0.533. The third kappa shape index (κ3) is 10.7. The van der Waals surface area contributed by atoms with Crippen LogP contribution in [0.4, 0.5) is 11.4 Å². The first-order valence-corrected chi connectivity index (χ1v) is 14.1. The number of hydrogen-bond donors (Lipinski definition) is 2. The van der Waals surface area contributed by atoms with Crippen molar-refractivity contribution in [2.24, 2.45) is 11.8 Å². The number of carbonyl (C=O) groups excluding carboxylic acids is 2. The molecule has 202 valence electrons. The number of hydrogen-bond acceptors (Lipinski definition) is 4. The molecule has 0 heterocycles. The Morgan fingerprint density at radius 2 is 1.69 bits per heavy atom. The minimum absolute atomic E-state index is 0.158. The SMILES string of the molecule is CC.CC.CCC1CCC(C(=O)Nc2ccc(C)c(OC)c2)CC1.CCc1c(Br)cc(N)cc1C=O. The highest BCUT2D eigenvalue weighted by atomic mass is 79.9. The van der Waals surface area contributed by atoms with Gasteiger partial charge in [0.1, 0.15) is 12.0 Å². The number of nitrogen functional groups attached to an aromatic ring is 1. The van der Waals surface area contributed by atoms with E-state index in [9.17, 15) is 9.59 Å². The average molecular weight is 564 g/mol. The number of carbonyl (C=O) groups is 2. The minimum Gasteiger partial charge on any atom is -0.496 e. The Hall–Kier alpha value is -2.34. The van der Waals surface area contributed by atoms with Gasteiger partial charge in [-0.2, -0.15) is 0 Å². The van der Waals surface area contributed by atoms with E-state index in [-0.39, 0.29) is 11.8 Å². The first kappa shape index (κ1) is 33.7. The maximum Gasteiger partial charge on any atom is 0.227 e. The minimum atomic E-state index is 0.158. The molecule has 0 aliphatic heterocycles. The molecule has 0 unspecified atom stereocenters. The maximum absolute atomic E-state index is 12.3. The van der Waals surface area contributed by atoms with Gasteiger partial charge in [0.25, 0.3) is 0 Å². The Kier molecular flexibility index (Phi) is 17.6. The normalized spacial score (nSPS) is 16.0. The van der Waals surface area contributed by atoms with E-state index in [0.29, 0.717) is 11.3 Å². The topological polar surface area (TPSA) is 81.4 Å². The van der Waals surface area contributed by atoms with Crippen LogP contribution in [0.1, 0.15) is 95.1 Å². The van der Waals surface area contributed by atoms with Crippen molar-refractivity contribution in [2.75, 3.05) is 18.2 Å². The third-order valence-corrected chi connectivity index (χ3v) is 6.91. The molecule has 0 aromatic heterocycles. The highest BCUT2D eigenvalue weighted by Gasteiger charge is 2.25. The van der Waals surface area contributed by atoms with Gasteiger partial charge in [0, 0.05) is 33.4 Å². The second kappa shape index (κ2) is 18.9. The number of benzene rings is 2. The average Bonchev–Trinajstić information content (AvgIpc) is 2.92. The van der Waals surface area contributed by atoms with Gasteiger partial charge in [0.2, 0.25) is 5.91 Å². The molecular formula is C30H47BrN2O3. The van der Waals surface area contributed by atoms with Crippen LogP contribution in [0.5, 0.6) is 5.75 Å². The summed E-state index contributed by atoms with van der Waals surface area (Å²) in [5.74, 6) is 1.96. The quantitative estimate of drug-likeness (QED) is 0.272. The zero-order chi connectivity index (χ0) is 27.7. The van der Waals surface area contributed by atoms with Crippen LogP contribution in [0.15, 0.2) is 34.8 Å². The first-order chi connectivity index (χ1) is 17.3. The standard InChI is InChI=1S/C17H25NO2.C9H10BrNO.2C2H6/c1-4-13-6-8-14(9-7-13)17(19)18-15-10-5-12(2)16(11-15)20-3;1-2-8-6(5-12)3-7(11)4-9(8)10;2*1-2/h5,10-11,13-14H,4,6-9H2,1-3H3,(H,18,19);3-5H,2,11H2,1H3;2*1-2H3. The summed E-state index contributed by atoms with van der Waals surface area (Å²) < 4.78 is 6.20. The molecule has 3 rings (SSSR count). The molecular weight excluding hydrogens is 516 g/mol. The molecule has 1 aliphatic rings. The van der Waals surface area contributed by atoms with Crippen molar-refractivity contribution in [3.05, 3.63) is 51.5 Å². The summed E-state index contributed by atoms with van der Waals surface area (Å²) in [6.45, 7) is 14.2. The van der Waals surface area contributed by atoms with Crippen molar-refractivity contribution in [2.45, 2.75) is 87.0 Å². The predicted octanol–water partition coefficient (Wildman–Crippen LogP) is 8.62. The molecule has 5 nitrogen and oxygen atoms in total. The summed E-state index contributed by atoms with van der Waals surface area (Å²) in [5.41, 5.74) is 9.77.